The van der Waals surface area contributed by atoms with E-state index >= 15 is 0 Å². The smallest absolute Gasteiger partial charge is 0.328 e. The second-order valence-electron chi connectivity index (χ2n) is 5.33. The van der Waals surface area contributed by atoms with Crippen molar-refractivity contribution in [3.8, 4) is 5.75 Å². The van der Waals surface area contributed by atoms with Crippen molar-refractivity contribution in [1.82, 2.24) is 0 Å². The topological polar surface area (TPSA) is 97.3 Å². The summed E-state index contributed by atoms with van der Waals surface area (Å²) in [5, 5.41) is 9.31. The number of allylic oxidation sites excluding steroid dienone is 1. The van der Waals surface area contributed by atoms with Crippen LogP contribution in [0.5, 0.6) is 5.75 Å². The summed E-state index contributed by atoms with van der Waals surface area (Å²) in [5.74, 6) is 0.226. The van der Waals surface area contributed by atoms with Crippen LogP contribution in [0.1, 0.15) is 30.9 Å². The summed E-state index contributed by atoms with van der Waals surface area (Å²) in [4.78, 5) is 19.6. The van der Waals surface area contributed by atoms with Crippen LogP contribution in [0.2, 0.25) is 0 Å². The summed E-state index contributed by atoms with van der Waals surface area (Å²) in [6.45, 7) is 5.93. The molecule has 0 aliphatic rings. The summed E-state index contributed by atoms with van der Waals surface area (Å²) < 4.78 is 5.43. The van der Waals surface area contributed by atoms with Crippen molar-refractivity contribution in [2.45, 2.75) is 32.2 Å². The molecule has 130 valence electrons. The van der Waals surface area contributed by atoms with Crippen LogP contribution < -0.4 is 10.5 Å². The Bertz CT molecular complexity index is 620. The molecule has 24 heavy (non-hydrogen) atoms. The van der Waals surface area contributed by atoms with Gasteiger partial charge in [0.2, 0.25) is 0 Å². The molecule has 3 N–H and O–H groups in total. The Labute approximate surface area is 142 Å². The first-order valence-electron chi connectivity index (χ1n) is 7.78. The quantitative estimate of drug-likeness (QED) is 0.298. The number of amidine groups is 1. The highest BCUT2D eigenvalue weighted by atomic mass is 16.5. The van der Waals surface area contributed by atoms with Gasteiger partial charge >= 0.3 is 5.97 Å². The predicted octanol–water partition coefficient (Wildman–Crippen LogP) is 2.45. The minimum absolute atomic E-state index is 0.400. The van der Waals surface area contributed by atoms with Gasteiger partial charge in [0.05, 0.1) is 12.9 Å². The summed E-state index contributed by atoms with van der Waals surface area (Å²) >= 11 is 0. The van der Waals surface area contributed by atoms with Gasteiger partial charge in [-0.15, -0.1) is 6.58 Å². The number of nitrogens with zero attached hydrogens (tertiary/aromatic N) is 2. The fourth-order valence-electron chi connectivity index (χ4n) is 2.24. The van der Waals surface area contributed by atoms with E-state index in [-0.39, 0.29) is 0 Å². The first-order chi connectivity index (χ1) is 11.5. The van der Waals surface area contributed by atoms with Gasteiger partial charge < -0.3 is 15.6 Å². The molecule has 0 aliphatic carbocycles. The highest BCUT2D eigenvalue weighted by Gasteiger charge is 2.15. The van der Waals surface area contributed by atoms with Crippen molar-refractivity contribution in [2.24, 2.45) is 15.7 Å². The Morgan fingerprint density at radius 2 is 2.25 bits per heavy atom. The minimum Gasteiger partial charge on any atom is -0.496 e. The molecule has 0 saturated heterocycles. The van der Waals surface area contributed by atoms with E-state index < -0.39 is 12.0 Å². The highest BCUT2D eigenvalue weighted by Crippen LogP contribution is 2.23. The number of methoxy groups -OCH3 is 1. The molecule has 6 heteroatoms. The number of benzene rings is 1. The third-order valence-electron chi connectivity index (χ3n) is 3.37. The Kier molecular flexibility index (Phi) is 8.25. The van der Waals surface area contributed by atoms with Gasteiger partial charge in [-0.2, -0.15) is 0 Å². The number of para-hydroxylation sites is 1. The average molecular weight is 331 g/mol. The molecule has 1 aromatic rings. The Morgan fingerprint density at radius 3 is 2.83 bits per heavy atom. The van der Waals surface area contributed by atoms with E-state index in [0.29, 0.717) is 37.4 Å². The number of carboxylic acids is 1. The van der Waals surface area contributed by atoms with E-state index in [1.807, 2.05) is 18.2 Å². The van der Waals surface area contributed by atoms with Gasteiger partial charge in [0.15, 0.2) is 0 Å². The average Bonchev–Trinajstić information content (AvgIpc) is 2.54. The van der Waals surface area contributed by atoms with Gasteiger partial charge in [-0.1, -0.05) is 18.2 Å². The zero-order chi connectivity index (χ0) is 17.9. The van der Waals surface area contributed by atoms with Crippen molar-refractivity contribution >= 4 is 18.0 Å². The molecular formula is C18H25N3O3. The summed E-state index contributed by atoms with van der Waals surface area (Å²) in [6, 6.07) is 4.86. The van der Waals surface area contributed by atoms with Gasteiger partial charge in [-0.05, 0) is 37.8 Å². The van der Waals surface area contributed by atoms with Crippen LogP contribution >= 0.6 is 0 Å². The van der Waals surface area contributed by atoms with Crippen molar-refractivity contribution in [3.63, 3.8) is 0 Å². The standard InChI is InChI=1S/C18H25N3O3/c1-4-7-14-8-5-9-15(17(14)24-3)12-21-16(18(22)23)10-6-11-20-13(2)19/h4-5,8-9,12,16H,1,6-7,10-11H2,2-3H3,(H2,19,20)(H,22,23). The zero-order valence-electron chi connectivity index (χ0n) is 14.2. The molecule has 0 radical (unpaired) electrons. The fraction of sp³-hybridized carbons (Fsp3) is 0.389. The maximum atomic E-state index is 11.4. The number of carboxylic acid groups (broad SMARTS) is 1. The van der Waals surface area contributed by atoms with E-state index in [4.69, 9.17) is 10.5 Å². The lowest BCUT2D eigenvalue weighted by Gasteiger charge is -2.11. The van der Waals surface area contributed by atoms with Crippen LogP contribution in [0, 0.1) is 0 Å². The van der Waals surface area contributed by atoms with Crippen LogP contribution in [0.15, 0.2) is 40.8 Å². The lowest BCUT2D eigenvalue weighted by Crippen LogP contribution is -2.18. The summed E-state index contributed by atoms with van der Waals surface area (Å²) in [5.41, 5.74) is 7.19. The van der Waals surface area contributed by atoms with Gasteiger partial charge in [-0.3, -0.25) is 9.98 Å². The number of carbonyl (C=O) groups is 1. The first-order valence-corrected chi connectivity index (χ1v) is 7.78. The molecule has 0 amide bonds. The SMILES string of the molecule is C=CCc1cccc(C=NC(CCCN=C(C)N)C(=O)O)c1OC. The maximum absolute atomic E-state index is 11.4. The lowest BCUT2D eigenvalue weighted by molar-refractivity contribution is -0.138. The molecule has 0 spiro atoms. The number of hydrogen-bond donors (Lipinski definition) is 2. The van der Waals surface area contributed by atoms with E-state index in [2.05, 4.69) is 16.6 Å². The number of ether oxygens (including phenoxy) is 1. The molecule has 6 nitrogen and oxygen atoms in total. The third-order valence-corrected chi connectivity index (χ3v) is 3.37. The van der Waals surface area contributed by atoms with Crippen LogP contribution in [0.25, 0.3) is 0 Å². The maximum Gasteiger partial charge on any atom is 0.328 e. The second-order valence-corrected chi connectivity index (χ2v) is 5.33. The molecule has 0 heterocycles. The molecule has 1 rings (SSSR count). The van der Waals surface area contributed by atoms with Gasteiger partial charge in [-0.25, -0.2) is 4.79 Å². The molecule has 1 atom stereocenters. The van der Waals surface area contributed by atoms with Gasteiger partial charge in [0.1, 0.15) is 11.8 Å². The Hall–Kier alpha value is -2.63. The van der Waals surface area contributed by atoms with Crippen molar-refractivity contribution in [1.29, 1.82) is 0 Å². The minimum atomic E-state index is -0.957. The van der Waals surface area contributed by atoms with E-state index in [0.717, 1.165) is 11.1 Å². The monoisotopic (exact) mass is 331 g/mol. The van der Waals surface area contributed by atoms with E-state index in [1.165, 1.54) is 0 Å². The molecule has 0 saturated carbocycles. The Morgan fingerprint density at radius 1 is 1.50 bits per heavy atom. The van der Waals surface area contributed by atoms with Crippen molar-refractivity contribution in [2.75, 3.05) is 13.7 Å². The summed E-state index contributed by atoms with van der Waals surface area (Å²) in [7, 11) is 1.58. The van der Waals surface area contributed by atoms with Crippen molar-refractivity contribution < 1.29 is 14.6 Å². The molecule has 0 aromatic heterocycles. The number of aliphatic imine (C=N–C) groups is 2. The van der Waals surface area contributed by atoms with Crippen LogP contribution in [-0.4, -0.2) is 42.8 Å². The first kappa shape index (κ1) is 19.4. The van der Waals surface area contributed by atoms with E-state index in [9.17, 15) is 9.90 Å². The zero-order valence-corrected chi connectivity index (χ0v) is 14.2. The number of nitrogens with two attached hydrogens (primary N) is 1. The van der Waals surface area contributed by atoms with Crippen LogP contribution in [0.3, 0.4) is 0 Å². The third kappa shape index (κ3) is 6.24. The van der Waals surface area contributed by atoms with E-state index in [1.54, 1.807) is 26.3 Å². The lowest BCUT2D eigenvalue weighted by atomic mass is 10.1. The molecule has 0 fully saturated rings. The number of aliphatic carboxylic acids is 1. The van der Waals surface area contributed by atoms with Crippen LogP contribution in [-0.2, 0) is 11.2 Å². The Balaban J connectivity index is 2.86. The number of hydrogen-bond acceptors (Lipinski definition) is 4. The summed E-state index contributed by atoms with van der Waals surface area (Å²) in [6.07, 6.45) is 5.03. The van der Waals surface area contributed by atoms with Crippen LogP contribution in [0.4, 0.5) is 0 Å². The molecule has 1 unspecified atom stereocenters. The molecule has 0 bridgehead atoms. The van der Waals surface area contributed by atoms with Crippen molar-refractivity contribution in [3.05, 3.63) is 42.0 Å². The normalized spacial score (nSPS) is 13.0. The number of rotatable bonds is 10. The highest BCUT2D eigenvalue weighted by molar-refractivity contribution is 5.86. The molecule has 1 aromatic carbocycles. The molecular weight excluding hydrogens is 306 g/mol. The fourth-order valence-corrected chi connectivity index (χ4v) is 2.24. The van der Waals surface area contributed by atoms with Gasteiger partial charge in [0, 0.05) is 18.3 Å². The second kappa shape index (κ2) is 10.2. The molecule has 0 aliphatic heterocycles. The van der Waals surface area contributed by atoms with Gasteiger partial charge in [0.25, 0.3) is 0 Å². The predicted molar refractivity (Wildman–Crippen MR) is 97.3 cm³/mol. The largest absolute Gasteiger partial charge is 0.496 e.